The predicted octanol–water partition coefficient (Wildman–Crippen LogP) is 4.66. The van der Waals surface area contributed by atoms with Crippen molar-refractivity contribution in [2.45, 2.75) is 19.5 Å². The van der Waals surface area contributed by atoms with E-state index < -0.39 is 17.7 Å². The van der Waals surface area contributed by atoms with Crippen molar-refractivity contribution in [1.82, 2.24) is 14.5 Å². The first kappa shape index (κ1) is 21.5. The summed E-state index contributed by atoms with van der Waals surface area (Å²) in [5.41, 5.74) is 2.10. The molecule has 0 spiro atoms. The van der Waals surface area contributed by atoms with E-state index in [1.54, 1.807) is 24.0 Å². The van der Waals surface area contributed by atoms with E-state index in [1.165, 1.54) is 23.8 Å². The number of rotatable bonds is 6. The van der Waals surface area contributed by atoms with E-state index in [1.807, 2.05) is 24.3 Å². The second-order valence-electron chi connectivity index (χ2n) is 7.26. The van der Waals surface area contributed by atoms with Crippen molar-refractivity contribution in [3.63, 3.8) is 0 Å². The molecule has 2 aromatic carbocycles. The van der Waals surface area contributed by atoms with E-state index in [0.717, 1.165) is 23.2 Å². The fourth-order valence-corrected chi connectivity index (χ4v) is 3.38. The zero-order valence-corrected chi connectivity index (χ0v) is 17.4. The van der Waals surface area contributed by atoms with Gasteiger partial charge in [0.25, 0.3) is 0 Å². The Morgan fingerprint density at radius 2 is 1.81 bits per heavy atom. The highest BCUT2D eigenvalue weighted by Crippen LogP contribution is 2.31. The van der Waals surface area contributed by atoms with Gasteiger partial charge in [-0.3, -0.25) is 4.68 Å². The van der Waals surface area contributed by atoms with Gasteiger partial charge in [-0.2, -0.15) is 23.0 Å². The van der Waals surface area contributed by atoms with Crippen molar-refractivity contribution in [3.05, 3.63) is 72.1 Å². The lowest BCUT2D eigenvalue weighted by Gasteiger charge is -2.08. The number of hydrogen-bond acceptors (Lipinski definition) is 4. The maximum Gasteiger partial charge on any atom is 0.416 e. The largest absolute Gasteiger partial charge is 0.493 e. The number of nitrogens with zero attached hydrogens (tertiary/aromatic N) is 3. The molecule has 0 aliphatic rings. The number of alkyl halides is 3. The lowest BCUT2D eigenvalue weighted by molar-refractivity contribution is -0.141. The number of carbonyl (C=O) groups is 1. The van der Waals surface area contributed by atoms with Gasteiger partial charge in [0.1, 0.15) is 5.75 Å². The van der Waals surface area contributed by atoms with Crippen molar-refractivity contribution in [2.75, 3.05) is 6.61 Å². The molecule has 2 heterocycles. The molecule has 0 amide bonds. The van der Waals surface area contributed by atoms with E-state index in [-0.39, 0.29) is 0 Å². The number of halogens is 3. The first-order valence-corrected chi connectivity index (χ1v) is 9.84. The topological polar surface area (TPSA) is 58.3 Å². The third-order valence-corrected chi connectivity index (χ3v) is 4.97. The van der Waals surface area contributed by atoms with E-state index in [4.69, 9.17) is 9.57 Å². The number of ether oxygens (including phenoxy) is 1. The molecule has 0 bridgehead atoms. The van der Waals surface area contributed by atoms with Gasteiger partial charge in [-0.1, -0.05) is 12.1 Å². The van der Waals surface area contributed by atoms with Crippen LogP contribution in [0.25, 0.3) is 22.2 Å². The molecule has 166 valence electrons. The molecule has 0 N–H and O–H groups in total. The summed E-state index contributed by atoms with van der Waals surface area (Å²) in [5, 5.41) is 5.31. The summed E-state index contributed by atoms with van der Waals surface area (Å²) >= 11 is 0. The monoisotopic (exact) mass is 443 g/mol. The third-order valence-electron chi connectivity index (χ3n) is 4.97. The molecule has 0 saturated heterocycles. The molecule has 0 unspecified atom stereocenters. The Morgan fingerprint density at radius 3 is 2.50 bits per heavy atom. The fraction of sp³-hybridized carbons (Fsp3) is 0.217. The number of benzene rings is 2. The second kappa shape index (κ2) is 8.41. The van der Waals surface area contributed by atoms with Crippen LogP contribution in [0.3, 0.4) is 0 Å². The Labute approximate surface area is 181 Å². The van der Waals surface area contributed by atoms with Crippen LogP contribution < -0.4 is 9.57 Å². The molecule has 0 atom stereocenters. The molecule has 6 nitrogen and oxygen atoms in total. The average molecular weight is 443 g/mol. The zero-order valence-electron chi connectivity index (χ0n) is 17.4. The highest BCUT2D eigenvalue weighted by atomic mass is 19.4. The lowest BCUT2D eigenvalue weighted by atomic mass is 10.1. The summed E-state index contributed by atoms with van der Waals surface area (Å²) < 4.78 is 47.2. The van der Waals surface area contributed by atoms with Crippen LogP contribution in [-0.4, -0.2) is 27.1 Å². The molecule has 0 aliphatic carbocycles. The van der Waals surface area contributed by atoms with Gasteiger partial charge in [0.2, 0.25) is 0 Å². The van der Waals surface area contributed by atoms with Crippen LogP contribution in [0, 0.1) is 0 Å². The van der Waals surface area contributed by atoms with Crippen LogP contribution in [0.5, 0.6) is 5.75 Å². The number of aromatic nitrogens is 3. The van der Waals surface area contributed by atoms with Crippen molar-refractivity contribution < 1.29 is 27.5 Å². The van der Waals surface area contributed by atoms with Gasteiger partial charge in [-0.15, -0.1) is 0 Å². The first-order valence-electron chi connectivity index (χ1n) is 9.84. The number of fused-ring (bicyclic) bond motifs is 1. The number of aryl methyl sites for hydroxylation is 1. The second-order valence-corrected chi connectivity index (χ2v) is 7.26. The smallest absolute Gasteiger partial charge is 0.416 e. The minimum Gasteiger partial charge on any atom is -0.493 e. The van der Waals surface area contributed by atoms with Gasteiger partial charge in [0, 0.05) is 49.3 Å². The fourth-order valence-electron chi connectivity index (χ4n) is 3.38. The van der Waals surface area contributed by atoms with Gasteiger partial charge >= 0.3 is 12.1 Å². The molecule has 4 rings (SSSR count). The van der Waals surface area contributed by atoms with Crippen LogP contribution in [0.15, 0.2) is 60.8 Å². The summed E-state index contributed by atoms with van der Waals surface area (Å²) in [6, 6.07) is 14.1. The Hall–Kier alpha value is -3.75. The van der Waals surface area contributed by atoms with Crippen molar-refractivity contribution in [1.29, 1.82) is 0 Å². The van der Waals surface area contributed by atoms with Crippen molar-refractivity contribution >= 4 is 16.9 Å². The maximum atomic E-state index is 12.8. The molecule has 0 aliphatic heterocycles. The Kier molecular flexibility index (Phi) is 5.65. The number of hydrogen-bond donors (Lipinski definition) is 0. The van der Waals surface area contributed by atoms with Gasteiger partial charge < -0.3 is 9.57 Å². The van der Waals surface area contributed by atoms with Gasteiger partial charge in [0.05, 0.1) is 23.4 Å². The minimum absolute atomic E-state index is 0.367. The summed E-state index contributed by atoms with van der Waals surface area (Å²) in [4.78, 5) is 16.4. The standard InChI is InChI=1S/C23H20F3N3O3/c1-15(30)32-29-11-9-17-5-8-20(14-22(17)29)31-12-10-19-13-21(27-28(19)2)16-3-6-18(7-4-16)23(24,25)26/h3-9,11,13-14H,10,12H2,1-2H3. The van der Waals surface area contributed by atoms with Crippen molar-refractivity contribution in [3.8, 4) is 17.0 Å². The lowest BCUT2D eigenvalue weighted by Crippen LogP contribution is -2.15. The van der Waals surface area contributed by atoms with Crippen LogP contribution in [0.4, 0.5) is 13.2 Å². The highest BCUT2D eigenvalue weighted by molar-refractivity contribution is 5.82. The summed E-state index contributed by atoms with van der Waals surface area (Å²) in [7, 11) is 1.78. The van der Waals surface area contributed by atoms with Crippen LogP contribution in [0.1, 0.15) is 18.2 Å². The quantitative estimate of drug-likeness (QED) is 0.435. The number of carbonyl (C=O) groups excluding carboxylic acids is 1. The van der Waals surface area contributed by atoms with Gasteiger partial charge in [0.15, 0.2) is 0 Å². The average Bonchev–Trinajstić information content (AvgIpc) is 3.30. The van der Waals surface area contributed by atoms with Crippen molar-refractivity contribution in [2.24, 2.45) is 7.05 Å². The summed E-state index contributed by atoms with van der Waals surface area (Å²) in [6.07, 6.45) is -2.16. The molecule has 4 aromatic rings. The minimum atomic E-state index is -4.37. The van der Waals surface area contributed by atoms with E-state index in [0.29, 0.717) is 35.6 Å². The van der Waals surface area contributed by atoms with Crippen LogP contribution in [0.2, 0.25) is 0 Å². The normalized spacial score (nSPS) is 11.7. The van der Waals surface area contributed by atoms with E-state index in [2.05, 4.69) is 5.10 Å². The van der Waals surface area contributed by atoms with Crippen LogP contribution >= 0.6 is 0 Å². The highest BCUT2D eigenvalue weighted by Gasteiger charge is 2.30. The Morgan fingerprint density at radius 1 is 1.06 bits per heavy atom. The van der Waals surface area contributed by atoms with E-state index >= 15 is 0 Å². The first-order chi connectivity index (χ1) is 15.2. The van der Waals surface area contributed by atoms with Gasteiger partial charge in [-0.05, 0) is 36.4 Å². The molecule has 0 fully saturated rings. The molecule has 0 saturated carbocycles. The van der Waals surface area contributed by atoms with E-state index in [9.17, 15) is 18.0 Å². The summed E-state index contributed by atoms with van der Waals surface area (Å²) in [5.74, 6) is 0.198. The SMILES string of the molecule is CC(=O)On1ccc2ccc(OCCc3cc(-c4ccc(C(F)(F)F)cc4)nn3C)cc21. The molecule has 9 heteroatoms. The summed E-state index contributed by atoms with van der Waals surface area (Å²) in [6.45, 7) is 1.70. The third kappa shape index (κ3) is 4.61. The molecule has 2 aromatic heterocycles. The Bertz CT molecular complexity index is 1260. The molecular weight excluding hydrogens is 423 g/mol. The van der Waals surface area contributed by atoms with Gasteiger partial charge in [-0.25, -0.2) is 4.79 Å². The predicted molar refractivity (Wildman–Crippen MR) is 112 cm³/mol. The zero-order chi connectivity index (χ0) is 22.9. The maximum absolute atomic E-state index is 12.8. The van der Waals surface area contributed by atoms with Crippen LogP contribution in [-0.2, 0) is 24.4 Å². The molecular formula is C23H20F3N3O3. The molecule has 0 radical (unpaired) electrons. The Balaban J connectivity index is 1.42. The molecule has 32 heavy (non-hydrogen) atoms.